The van der Waals surface area contributed by atoms with Gasteiger partial charge in [-0.05, 0) is 0 Å². The van der Waals surface area contributed by atoms with Gasteiger partial charge >= 0.3 is 0 Å². The summed E-state index contributed by atoms with van der Waals surface area (Å²) in [5.74, 6) is 0. The summed E-state index contributed by atoms with van der Waals surface area (Å²) in [6.07, 6.45) is 0. The van der Waals surface area contributed by atoms with Gasteiger partial charge in [-0.15, -0.1) is 0 Å². The highest BCUT2D eigenvalue weighted by atomic mass is 14.9. The van der Waals surface area contributed by atoms with Gasteiger partial charge in [-0.3, -0.25) is 0 Å². The third kappa shape index (κ3) is 4.76. The number of rotatable bonds is 2. The van der Waals surface area contributed by atoms with Crippen LogP contribution in [0.25, 0.3) is 0 Å². The average molecular weight is 94.1 g/mol. The lowest BCUT2D eigenvalue weighted by atomic mass is 11.1. The van der Waals surface area contributed by atoms with Crippen molar-refractivity contribution in [1.29, 1.82) is 10.8 Å². The molecule has 0 saturated carbocycles. The van der Waals surface area contributed by atoms with Gasteiger partial charge in [0.25, 0.3) is 6.67 Å². The van der Waals surface area contributed by atoms with Crippen LogP contribution in [0.3, 0.4) is 0 Å². The average Bonchev–Trinajstić information content (AvgIpc) is 1.69. The van der Waals surface area contributed by atoms with Gasteiger partial charge in [0.15, 0.2) is 0 Å². The topological polar surface area (TPSA) is 72.4 Å². The molecule has 0 aliphatic carbocycles. The summed E-state index contributed by atoms with van der Waals surface area (Å²) < 4.78 is 0. The first-order chi connectivity index (χ1) is 3.41. The van der Waals surface area contributed by atoms with Crippen LogP contribution in [0.2, 0.25) is 0 Å². The van der Waals surface area contributed by atoms with E-state index in [-0.39, 0.29) is 0 Å². The van der Waals surface area contributed by atoms with Crippen molar-refractivity contribution in [3.8, 4) is 0 Å². The smallest absolute Gasteiger partial charge is 0.241 e. The molecule has 0 aromatic rings. The summed E-state index contributed by atoms with van der Waals surface area (Å²) in [5.41, 5.74) is 0. The number of hydrogen-bond donors (Lipinski definition) is 2. The van der Waals surface area contributed by atoms with Crippen LogP contribution in [0, 0.1) is 17.5 Å². The Morgan fingerprint density at radius 2 is 1.43 bits per heavy atom. The highest BCUT2D eigenvalue weighted by Gasteiger charge is 1.65. The quantitative estimate of drug-likeness (QED) is 0.467. The molecule has 0 bridgehead atoms. The van der Waals surface area contributed by atoms with Crippen LogP contribution < -0.4 is 0 Å². The van der Waals surface area contributed by atoms with Gasteiger partial charge in [0.05, 0.1) is 12.0 Å². The van der Waals surface area contributed by atoms with E-state index >= 15 is 0 Å². The van der Waals surface area contributed by atoms with Crippen LogP contribution in [0.15, 0.2) is 9.98 Å². The maximum absolute atomic E-state index is 6.15. The zero-order valence-electron chi connectivity index (χ0n) is 3.39. The fraction of sp³-hybridized carbons (Fsp3) is 0. The largest absolute Gasteiger partial charge is 0.272 e. The van der Waals surface area contributed by atoms with E-state index in [4.69, 9.17) is 10.8 Å². The van der Waals surface area contributed by atoms with Crippen LogP contribution in [-0.4, -0.2) is 12.0 Å². The zero-order valence-corrected chi connectivity index (χ0v) is 3.39. The van der Waals surface area contributed by atoms with Crippen molar-refractivity contribution in [2.45, 2.75) is 0 Å². The van der Waals surface area contributed by atoms with Gasteiger partial charge in [-0.25, -0.2) is 10.8 Å². The molecule has 0 aliphatic rings. The van der Waals surface area contributed by atoms with Gasteiger partial charge in [-0.1, -0.05) is 0 Å². The van der Waals surface area contributed by atoms with Crippen molar-refractivity contribution in [2.75, 3.05) is 0 Å². The van der Waals surface area contributed by atoms with E-state index in [2.05, 4.69) is 9.98 Å². The molecule has 4 nitrogen and oxygen atoms in total. The monoisotopic (exact) mass is 94.0 g/mol. The number of aliphatic imine (C=N–C) groups is 2. The Morgan fingerprint density at radius 1 is 1.00 bits per heavy atom. The summed E-state index contributed by atoms with van der Waals surface area (Å²) in [5, 5.41) is 12.3. The second-order valence-corrected chi connectivity index (χ2v) is 0.547. The Kier molecular flexibility index (Phi) is 3.92. The molecule has 7 heavy (non-hydrogen) atoms. The van der Waals surface area contributed by atoms with Crippen LogP contribution in [0.5, 0.6) is 0 Å². The minimum atomic E-state index is 1.65. The standard InChI is InChI=1S/C3H2N4/c4-1-6-3-7-2-5/h4-5H. The van der Waals surface area contributed by atoms with Crippen LogP contribution in [-0.2, 0) is 0 Å². The first kappa shape index (κ1) is 5.76. The highest BCUT2D eigenvalue weighted by Crippen LogP contribution is 1.71. The molecular formula is C3H2N4. The van der Waals surface area contributed by atoms with E-state index in [9.17, 15) is 0 Å². The Hall–Kier alpha value is -1.24. The van der Waals surface area contributed by atoms with Gasteiger partial charge < -0.3 is 0 Å². The molecule has 2 N–H and O–H groups in total. The Balaban J connectivity index is 3.33. The third-order valence-electron chi connectivity index (χ3n) is 0.212. The minimum Gasteiger partial charge on any atom is -0.241 e. The van der Waals surface area contributed by atoms with Gasteiger partial charge in [0, 0.05) is 0 Å². The molecular weight excluding hydrogens is 92.1 g/mol. The molecule has 2 radical (unpaired) electrons. The van der Waals surface area contributed by atoms with E-state index in [0.717, 1.165) is 0 Å². The van der Waals surface area contributed by atoms with Gasteiger partial charge in [0.1, 0.15) is 0 Å². The van der Waals surface area contributed by atoms with Gasteiger partial charge in [-0.2, -0.15) is 9.98 Å². The van der Waals surface area contributed by atoms with Crippen LogP contribution in [0.1, 0.15) is 0 Å². The van der Waals surface area contributed by atoms with Crippen molar-refractivity contribution < 1.29 is 0 Å². The van der Waals surface area contributed by atoms with Gasteiger partial charge in [0.2, 0.25) is 0 Å². The Labute approximate surface area is 40.6 Å². The first-order valence-electron chi connectivity index (χ1n) is 1.39. The van der Waals surface area contributed by atoms with E-state index in [1.165, 1.54) is 0 Å². The lowest BCUT2D eigenvalue weighted by molar-refractivity contribution is 1.25. The molecule has 0 atom stereocenters. The molecule has 0 rings (SSSR count). The number of nitrogens with one attached hydrogen (secondary N) is 2. The molecule has 0 heterocycles. The molecule has 0 aromatic carbocycles. The molecule has 0 unspecified atom stereocenters. The van der Waals surface area contributed by atoms with Crippen molar-refractivity contribution >= 4 is 12.0 Å². The molecule has 0 aliphatic heterocycles. The SMILES string of the molecule is N=C=N[C]N=C=N. The maximum atomic E-state index is 6.15. The number of nitrogens with zero attached hydrogens (tertiary/aromatic N) is 2. The predicted molar refractivity (Wildman–Crippen MR) is 23.6 cm³/mol. The summed E-state index contributed by atoms with van der Waals surface area (Å²) in [6, 6.07) is 3.30. The molecule has 0 fully saturated rings. The molecule has 0 saturated heterocycles. The normalized spacial score (nSPS) is 5.71. The highest BCUT2D eigenvalue weighted by molar-refractivity contribution is 5.39. The minimum absolute atomic E-state index is 1.65. The molecule has 0 spiro atoms. The van der Waals surface area contributed by atoms with E-state index in [0.29, 0.717) is 0 Å². The predicted octanol–water partition coefficient (Wildman–Crippen LogP) is 0.488. The van der Waals surface area contributed by atoms with Crippen molar-refractivity contribution in [3.05, 3.63) is 6.67 Å². The zero-order chi connectivity index (χ0) is 5.54. The second kappa shape index (κ2) is 4.76. The second-order valence-electron chi connectivity index (χ2n) is 0.547. The fourth-order valence-corrected chi connectivity index (χ4v) is 0.0750. The Bertz CT molecular complexity index is 110. The summed E-state index contributed by atoms with van der Waals surface area (Å²) in [4.78, 5) is 5.96. The molecule has 34 valence electrons. The van der Waals surface area contributed by atoms with E-state index in [1.807, 2.05) is 6.67 Å². The fourth-order valence-electron chi connectivity index (χ4n) is 0.0750. The lowest BCUT2D eigenvalue weighted by Crippen LogP contribution is -1.55. The molecule has 4 heteroatoms. The van der Waals surface area contributed by atoms with Crippen LogP contribution in [0.4, 0.5) is 0 Å². The van der Waals surface area contributed by atoms with Crippen molar-refractivity contribution in [3.63, 3.8) is 0 Å². The molecule has 0 amide bonds. The lowest BCUT2D eigenvalue weighted by Gasteiger charge is -1.62. The summed E-state index contributed by atoms with van der Waals surface area (Å²) in [6.45, 7) is 1.94. The van der Waals surface area contributed by atoms with E-state index in [1.54, 1.807) is 12.0 Å². The van der Waals surface area contributed by atoms with Crippen molar-refractivity contribution in [1.82, 2.24) is 0 Å². The maximum Gasteiger partial charge on any atom is 0.272 e. The third-order valence-corrected chi connectivity index (χ3v) is 0.212. The van der Waals surface area contributed by atoms with Crippen molar-refractivity contribution in [2.24, 2.45) is 9.98 Å². The molecule has 0 aromatic heterocycles. The first-order valence-corrected chi connectivity index (χ1v) is 1.39. The van der Waals surface area contributed by atoms with E-state index < -0.39 is 0 Å². The summed E-state index contributed by atoms with van der Waals surface area (Å²) in [7, 11) is 0. The summed E-state index contributed by atoms with van der Waals surface area (Å²) >= 11 is 0. The van der Waals surface area contributed by atoms with Crippen LogP contribution >= 0.6 is 0 Å². The number of hydrogen-bond acceptors (Lipinski definition) is 4. The Morgan fingerprint density at radius 3 is 1.71 bits per heavy atom.